The first-order valence-electron chi connectivity index (χ1n) is 11.2. The van der Waals surface area contributed by atoms with Crippen molar-refractivity contribution in [3.63, 3.8) is 0 Å². The Morgan fingerprint density at radius 1 is 1.03 bits per heavy atom. The molecule has 2 saturated heterocycles. The predicted molar refractivity (Wildman–Crippen MR) is 116 cm³/mol. The lowest BCUT2D eigenvalue weighted by atomic mass is 9.94. The maximum absolute atomic E-state index is 6.70. The van der Waals surface area contributed by atoms with E-state index in [1.807, 2.05) is 18.4 Å². The van der Waals surface area contributed by atoms with Crippen molar-refractivity contribution in [3.05, 3.63) is 42.6 Å². The zero-order valence-corrected chi connectivity index (χ0v) is 18.5. The second-order valence-electron chi connectivity index (χ2n) is 9.26. The van der Waals surface area contributed by atoms with Crippen molar-refractivity contribution in [1.29, 1.82) is 0 Å². The molecule has 10 heteroatoms. The molecule has 1 aliphatic carbocycles. The summed E-state index contributed by atoms with van der Waals surface area (Å²) in [6.45, 7) is 3.77. The first kappa shape index (κ1) is 20.6. The SMILES string of the molecule is CC1(C)O[C@@H]2[C@H](O1)[C@@H](C#Cc1ncccn1)O[C@H]2n1cnc2c(C3(N)CCCC3)ncnc21. The molecule has 170 valence electrons. The number of rotatable bonds is 2. The molecule has 0 spiro atoms. The number of nitrogens with two attached hydrogens (primary N) is 1. The maximum Gasteiger partial charge on any atom is 0.204 e. The van der Waals surface area contributed by atoms with Gasteiger partial charge in [-0.05, 0) is 38.7 Å². The average Bonchev–Trinajstić information content (AvgIpc) is 3.56. The smallest absolute Gasteiger partial charge is 0.204 e. The Kier molecular flexibility index (Phi) is 4.71. The van der Waals surface area contributed by atoms with Crippen LogP contribution in [0.25, 0.3) is 11.2 Å². The molecule has 3 fully saturated rings. The summed E-state index contributed by atoms with van der Waals surface area (Å²) in [5.41, 5.74) is 8.38. The number of fused-ring (bicyclic) bond motifs is 2. The minimum atomic E-state index is -0.762. The molecule has 33 heavy (non-hydrogen) atoms. The first-order valence-corrected chi connectivity index (χ1v) is 11.2. The summed E-state index contributed by atoms with van der Waals surface area (Å²) in [7, 11) is 0. The quantitative estimate of drug-likeness (QED) is 0.586. The lowest BCUT2D eigenvalue weighted by Gasteiger charge is -2.24. The van der Waals surface area contributed by atoms with Gasteiger partial charge in [-0.2, -0.15) is 0 Å². The van der Waals surface area contributed by atoms with E-state index in [1.54, 1.807) is 31.1 Å². The Bertz CT molecular complexity index is 1240. The van der Waals surface area contributed by atoms with Gasteiger partial charge in [0.2, 0.25) is 5.82 Å². The van der Waals surface area contributed by atoms with Gasteiger partial charge in [-0.15, -0.1) is 0 Å². The molecule has 0 radical (unpaired) electrons. The van der Waals surface area contributed by atoms with Crippen LogP contribution in [0.4, 0.5) is 0 Å². The Balaban J connectivity index is 1.38. The first-order chi connectivity index (χ1) is 15.9. The van der Waals surface area contributed by atoms with Crippen LogP contribution < -0.4 is 5.73 Å². The summed E-state index contributed by atoms with van der Waals surface area (Å²) < 4.78 is 20.6. The number of ether oxygens (including phenoxy) is 3. The van der Waals surface area contributed by atoms with Crippen molar-refractivity contribution in [2.45, 2.75) is 75.4 Å². The molecule has 3 aliphatic rings. The highest BCUT2D eigenvalue weighted by Crippen LogP contribution is 2.44. The van der Waals surface area contributed by atoms with Gasteiger partial charge in [0.05, 0.1) is 17.6 Å². The third-order valence-corrected chi connectivity index (χ3v) is 6.52. The fourth-order valence-corrected chi connectivity index (χ4v) is 5.06. The molecular formula is C23H25N7O3. The fraction of sp³-hybridized carbons (Fsp3) is 0.522. The Hall–Kier alpha value is -2.97. The highest BCUT2D eigenvalue weighted by molar-refractivity contribution is 5.74. The van der Waals surface area contributed by atoms with Gasteiger partial charge in [0.25, 0.3) is 0 Å². The van der Waals surface area contributed by atoms with E-state index in [4.69, 9.17) is 19.9 Å². The van der Waals surface area contributed by atoms with Crippen LogP contribution in [0.2, 0.25) is 0 Å². The molecule has 1 saturated carbocycles. The molecule has 4 atom stereocenters. The molecule has 0 aromatic carbocycles. The van der Waals surface area contributed by atoms with Gasteiger partial charge in [0, 0.05) is 12.4 Å². The Morgan fingerprint density at radius 3 is 2.58 bits per heavy atom. The van der Waals surface area contributed by atoms with Crippen molar-refractivity contribution in [2.24, 2.45) is 5.73 Å². The van der Waals surface area contributed by atoms with Crippen LogP contribution in [0.1, 0.15) is 57.3 Å². The van der Waals surface area contributed by atoms with Crippen LogP contribution in [-0.4, -0.2) is 53.6 Å². The van der Waals surface area contributed by atoms with Crippen LogP contribution in [0.3, 0.4) is 0 Å². The van der Waals surface area contributed by atoms with E-state index in [1.165, 1.54) is 0 Å². The zero-order valence-electron chi connectivity index (χ0n) is 18.5. The molecule has 0 unspecified atom stereocenters. The average molecular weight is 447 g/mol. The van der Waals surface area contributed by atoms with Crippen LogP contribution in [0.15, 0.2) is 31.1 Å². The fourth-order valence-electron chi connectivity index (χ4n) is 5.06. The largest absolute Gasteiger partial charge is 0.341 e. The molecule has 2 N–H and O–H groups in total. The molecule has 10 nitrogen and oxygen atoms in total. The van der Waals surface area contributed by atoms with Crippen molar-refractivity contribution in [1.82, 2.24) is 29.5 Å². The molecule has 2 aliphatic heterocycles. The minimum absolute atomic E-state index is 0.379. The standard InChI is InChI=1S/C23H25N7O3/c1-22(2)32-17-14(6-7-15-25-10-5-11-26-15)31-21(18(17)33-22)30-13-29-16-19(27-12-28-20(16)30)23(24)8-3-4-9-23/h5,10-14,17-18,21H,3-4,8-9,24H2,1-2H3/t14-,17-,18-,21-/m1/s1. The van der Waals surface area contributed by atoms with E-state index >= 15 is 0 Å². The highest BCUT2D eigenvalue weighted by Gasteiger charge is 2.56. The summed E-state index contributed by atoms with van der Waals surface area (Å²) >= 11 is 0. The zero-order chi connectivity index (χ0) is 22.6. The van der Waals surface area contributed by atoms with E-state index in [2.05, 4.69) is 36.8 Å². The van der Waals surface area contributed by atoms with Crippen LogP contribution in [-0.2, 0) is 19.7 Å². The summed E-state index contributed by atoms with van der Waals surface area (Å²) in [6.07, 6.45) is 8.72. The van der Waals surface area contributed by atoms with Crippen LogP contribution >= 0.6 is 0 Å². The van der Waals surface area contributed by atoms with Crippen molar-refractivity contribution in [3.8, 4) is 11.8 Å². The Labute approximate surface area is 190 Å². The van der Waals surface area contributed by atoms with Gasteiger partial charge in [0.1, 0.15) is 30.2 Å². The van der Waals surface area contributed by atoms with Gasteiger partial charge in [-0.25, -0.2) is 24.9 Å². The number of imidazole rings is 1. The third kappa shape index (κ3) is 3.48. The predicted octanol–water partition coefficient (Wildman–Crippen LogP) is 1.81. The molecule has 3 aromatic heterocycles. The summed E-state index contributed by atoms with van der Waals surface area (Å²) in [4.78, 5) is 22.0. The van der Waals surface area contributed by atoms with Crippen molar-refractivity contribution >= 4 is 11.2 Å². The van der Waals surface area contributed by atoms with Gasteiger partial charge in [-0.1, -0.05) is 18.8 Å². The maximum atomic E-state index is 6.70. The number of aromatic nitrogens is 6. The molecule has 3 aromatic rings. The monoisotopic (exact) mass is 447 g/mol. The van der Waals surface area contributed by atoms with E-state index < -0.39 is 23.7 Å². The number of hydrogen-bond acceptors (Lipinski definition) is 9. The molecular weight excluding hydrogens is 422 g/mol. The van der Waals surface area contributed by atoms with Crippen molar-refractivity contribution in [2.75, 3.05) is 0 Å². The van der Waals surface area contributed by atoms with E-state index in [0.717, 1.165) is 31.4 Å². The van der Waals surface area contributed by atoms with E-state index in [0.29, 0.717) is 17.0 Å². The lowest BCUT2D eigenvalue weighted by Crippen LogP contribution is -2.34. The van der Waals surface area contributed by atoms with E-state index in [-0.39, 0.29) is 12.2 Å². The normalized spacial score (nSPS) is 29.7. The van der Waals surface area contributed by atoms with Gasteiger partial charge in [-0.3, -0.25) is 4.57 Å². The van der Waals surface area contributed by atoms with Crippen LogP contribution in [0, 0.1) is 11.8 Å². The summed E-state index contributed by atoms with van der Waals surface area (Å²) in [5.74, 6) is 5.77. The Morgan fingerprint density at radius 2 is 1.79 bits per heavy atom. The van der Waals surface area contributed by atoms with Crippen molar-refractivity contribution < 1.29 is 14.2 Å². The lowest BCUT2D eigenvalue weighted by molar-refractivity contribution is -0.190. The van der Waals surface area contributed by atoms with Crippen LogP contribution in [0.5, 0.6) is 0 Å². The second kappa shape index (κ2) is 7.53. The van der Waals surface area contributed by atoms with Gasteiger partial charge in [0.15, 0.2) is 17.7 Å². The van der Waals surface area contributed by atoms with Gasteiger partial charge >= 0.3 is 0 Å². The van der Waals surface area contributed by atoms with Gasteiger partial charge < -0.3 is 19.9 Å². The summed E-state index contributed by atoms with van der Waals surface area (Å²) in [5, 5.41) is 0. The molecule has 6 rings (SSSR count). The molecule has 0 amide bonds. The topological polar surface area (TPSA) is 123 Å². The second-order valence-corrected chi connectivity index (χ2v) is 9.26. The minimum Gasteiger partial charge on any atom is -0.341 e. The highest BCUT2D eigenvalue weighted by atomic mass is 16.8. The summed E-state index contributed by atoms with van der Waals surface area (Å²) in [6, 6.07) is 1.75. The molecule has 0 bridgehead atoms. The number of nitrogens with zero attached hydrogens (tertiary/aromatic N) is 6. The third-order valence-electron chi connectivity index (χ3n) is 6.52. The molecule has 5 heterocycles. The van der Waals surface area contributed by atoms with E-state index in [9.17, 15) is 0 Å². The number of hydrogen-bond donors (Lipinski definition) is 1.